The molecule has 0 aliphatic carbocycles. The molecule has 1 amide bonds. The summed E-state index contributed by atoms with van der Waals surface area (Å²) < 4.78 is 15.7. The zero-order valence-corrected chi connectivity index (χ0v) is 13.2. The number of benzene rings is 1. The minimum Gasteiger partial charge on any atom is -0.493 e. The Kier molecular flexibility index (Phi) is 5.81. The van der Waals surface area contributed by atoms with Gasteiger partial charge in [-0.2, -0.15) is 0 Å². The van der Waals surface area contributed by atoms with E-state index in [-0.39, 0.29) is 12.3 Å². The molecule has 7 heteroatoms. The third-order valence-corrected chi connectivity index (χ3v) is 3.73. The molecule has 23 heavy (non-hydrogen) atoms. The summed E-state index contributed by atoms with van der Waals surface area (Å²) in [5, 5.41) is 11.9. The molecule has 0 spiro atoms. The van der Waals surface area contributed by atoms with E-state index in [0.717, 1.165) is 6.42 Å². The number of aliphatic carboxylic acids is 1. The molecular weight excluding hydrogens is 302 g/mol. The molecule has 0 unspecified atom stereocenters. The number of ether oxygens (including phenoxy) is 3. The number of rotatable bonds is 7. The SMILES string of the molecule is COc1ccc([C@@H](CC(=O)O)NC(=O)[C@H]2CCCO2)cc1OC. The minimum atomic E-state index is -1.00. The molecule has 1 fully saturated rings. The van der Waals surface area contributed by atoms with Gasteiger partial charge >= 0.3 is 5.97 Å². The van der Waals surface area contributed by atoms with E-state index in [0.29, 0.717) is 30.1 Å². The van der Waals surface area contributed by atoms with Gasteiger partial charge in [-0.15, -0.1) is 0 Å². The van der Waals surface area contributed by atoms with Crippen LogP contribution in [0.4, 0.5) is 0 Å². The van der Waals surface area contributed by atoms with Crippen molar-refractivity contribution in [3.05, 3.63) is 23.8 Å². The van der Waals surface area contributed by atoms with Crippen molar-refractivity contribution in [1.82, 2.24) is 5.32 Å². The molecule has 0 radical (unpaired) electrons. The summed E-state index contributed by atoms with van der Waals surface area (Å²) in [6.07, 6.45) is 0.746. The van der Waals surface area contributed by atoms with Gasteiger partial charge in [-0.25, -0.2) is 0 Å². The van der Waals surface area contributed by atoms with E-state index in [1.165, 1.54) is 14.2 Å². The zero-order valence-electron chi connectivity index (χ0n) is 13.2. The van der Waals surface area contributed by atoms with E-state index in [1.807, 2.05) is 0 Å². The minimum absolute atomic E-state index is 0.228. The molecule has 1 aliphatic heterocycles. The van der Waals surface area contributed by atoms with Crippen molar-refractivity contribution in [3.8, 4) is 11.5 Å². The molecule has 2 atom stereocenters. The fourth-order valence-corrected chi connectivity index (χ4v) is 2.55. The molecule has 2 rings (SSSR count). The monoisotopic (exact) mass is 323 g/mol. The largest absolute Gasteiger partial charge is 0.493 e. The van der Waals surface area contributed by atoms with Gasteiger partial charge in [0.2, 0.25) is 5.91 Å². The summed E-state index contributed by atoms with van der Waals surface area (Å²) in [6.45, 7) is 0.554. The first kappa shape index (κ1) is 17.1. The second-order valence-electron chi connectivity index (χ2n) is 5.28. The van der Waals surface area contributed by atoms with Crippen molar-refractivity contribution in [2.75, 3.05) is 20.8 Å². The highest BCUT2D eigenvalue weighted by molar-refractivity contribution is 5.82. The van der Waals surface area contributed by atoms with Crippen LogP contribution in [-0.2, 0) is 14.3 Å². The van der Waals surface area contributed by atoms with Crippen LogP contribution in [0.15, 0.2) is 18.2 Å². The third kappa shape index (κ3) is 4.35. The van der Waals surface area contributed by atoms with E-state index in [2.05, 4.69) is 5.32 Å². The summed E-state index contributed by atoms with van der Waals surface area (Å²) in [5.41, 5.74) is 0.636. The number of methoxy groups -OCH3 is 2. The zero-order chi connectivity index (χ0) is 16.8. The van der Waals surface area contributed by atoms with Crippen LogP contribution in [-0.4, -0.2) is 43.9 Å². The van der Waals surface area contributed by atoms with Gasteiger partial charge in [0, 0.05) is 6.61 Å². The second-order valence-corrected chi connectivity index (χ2v) is 5.28. The highest BCUT2D eigenvalue weighted by atomic mass is 16.5. The van der Waals surface area contributed by atoms with Crippen molar-refractivity contribution >= 4 is 11.9 Å². The molecule has 1 heterocycles. The highest BCUT2D eigenvalue weighted by Gasteiger charge is 2.27. The van der Waals surface area contributed by atoms with E-state index < -0.39 is 18.1 Å². The lowest BCUT2D eigenvalue weighted by molar-refractivity contribution is -0.138. The average Bonchev–Trinajstić information content (AvgIpc) is 3.07. The van der Waals surface area contributed by atoms with Crippen LogP contribution in [0.5, 0.6) is 11.5 Å². The molecule has 1 aliphatic rings. The predicted octanol–water partition coefficient (Wildman–Crippen LogP) is 1.51. The van der Waals surface area contributed by atoms with E-state index in [9.17, 15) is 9.59 Å². The third-order valence-electron chi connectivity index (χ3n) is 3.73. The Morgan fingerprint density at radius 2 is 2.09 bits per heavy atom. The Bertz CT molecular complexity index is 568. The van der Waals surface area contributed by atoms with Gasteiger partial charge in [0.15, 0.2) is 11.5 Å². The first-order valence-electron chi connectivity index (χ1n) is 7.41. The molecule has 7 nitrogen and oxygen atoms in total. The number of hydrogen-bond acceptors (Lipinski definition) is 5. The molecule has 1 aromatic carbocycles. The molecule has 1 saturated heterocycles. The van der Waals surface area contributed by atoms with Crippen LogP contribution in [0.3, 0.4) is 0 Å². The number of carbonyl (C=O) groups is 2. The van der Waals surface area contributed by atoms with Gasteiger partial charge in [-0.3, -0.25) is 9.59 Å². The number of amides is 1. The summed E-state index contributed by atoms with van der Waals surface area (Å²) in [5.74, 6) is -0.275. The quantitative estimate of drug-likeness (QED) is 0.790. The summed E-state index contributed by atoms with van der Waals surface area (Å²) >= 11 is 0. The van der Waals surface area contributed by atoms with Crippen molar-refractivity contribution in [2.45, 2.75) is 31.4 Å². The maximum absolute atomic E-state index is 12.2. The van der Waals surface area contributed by atoms with Crippen molar-refractivity contribution < 1.29 is 28.9 Å². The van der Waals surface area contributed by atoms with Crippen LogP contribution >= 0.6 is 0 Å². The van der Waals surface area contributed by atoms with Crippen LogP contribution in [0.2, 0.25) is 0 Å². The summed E-state index contributed by atoms with van der Waals surface area (Å²) in [4.78, 5) is 23.3. The molecule has 126 valence electrons. The Morgan fingerprint density at radius 3 is 2.65 bits per heavy atom. The Morgan fingerprint density at radius 1 is 1.35 bits per heavy atom. The van der Waals surface area contributed by atoms with E-state index >= 15 is 0 Å². The fraction of sp³-hybridized carbons (Fsp3) is 0.500. The van der Waals surface area contributed by atoms with Crippen LogP contribution in [0.25, 0.3) is 0 Å². The average molecular weight is 323 g/mol. The summed E-state index contributed by atoms with van der Waals surface area (Å²) in [6, 6.07) is 4.40. The number of carboxylic acid groups (broad SMARTS) is 1. The molecule has 1 aromatic rings. The van der Waals surface area contributed by atoms with Crippen molar-refractivity contribution in [2.24, 2.45) is 0 Å². The fourth-order valence-electron chi connectivity index (χ4n) is 2.55. The van der Waals surface area contributed by atoms with Crippen LogP contribution in [0, 0.1) is 0 Å². The highest BCUT2D eigenvalue weighted by Crippen LogP contribution is 2.31. The second kappa shape index (κ2) is 7.82. The van der Waals surface area contributed by atoms with E-state index in [1.54, 1.807) is 18.2 Å². The Hall–Kier alpha value is -2.28. The first-order chi connectivity index (χ1) is 11.0. The molecular formula is C16H21NO6. The van der Waals surface area contributed by atoms with Gasteiger partial charge in [0.1, 0.15) is 6.10 Å². The maximum atomic E-state index is 12.2. The predicted molar refractivity (Wildman–Crippen MR) is 81.7 cm³/mol. The molecule has 0 aromatic heterocycles. The first-order valence-corrected chi connectivity index (χ1v) is 7.41. The van der Waals surface area contributed by atoms with Crippen LogP contribution in [0.1, 0.15) is 30.9 Å². The summed E-state index contributed by atoms with van der Waals surface area (Å²) in [7, 11) is 3.02. The lowest BCUT2D eigenvalue weighted by Gasteiger charge is -2.20. The van der Waals surface area contributed by atoms with Crippen molar-refractivity contribution in [1.29, 1.82) is 0 Å². The molecule has 2 N–H and O–H groups in total. The van der Waals surface area contributed by atoms with Gasteiger partial charge in [-0.1, -0.05) is 6.07 Å². The molecule has 0 bridgehead atoms. The number of carboxylic acids is 1. The van der Waals surface area contributed by atoms with Gasteiger partial charge in [0.25, 0.3) is 0 Å². The van der Waals surface area contributed by atoms with E-state index in [4.69, 9.17) is 19.3 Å². The number of nitrogens with one attached hydrogen (secondary N) is 1. The number of carbonyl (C=O) groups excluding carboxylic acids is 1. The molecule has 0 saturated carbocycles. The number of hydrogen-bond donors (Lipinski definition) is 2. The normalized spacial score (nSPS) is 18.3. The smallest absolute Gasteiger partial charge is 0.305 e. The standard InChI is InChI=1S/C16H21NO6/c1-21-12-6-5-10(8-14(12)22-2)11(9-15(18)19)17-16(20)13-4-3-7-23-13/h5-6,8,11,13H,3-4,7,9H2,1-2H3,(H,17,20)(H,18,19)/t11-,13-/m1/s1. The Balaban J connectivity index is 2.20. The van der Waals surface area contributed by atoms with Gasteiger partial charge in [0.05, 0.1) is 26.7 Å². The lowest BCUT2D eigenvalue weighted by atomic mass is 10.0. The van der Waals surface area contributed by atoms with Crippen molar-refractivity contribution in [3.63, 3.8) is 0 Å². The van der Waals surface area contributed by atoms with Gasteiger partial charge < -0.3 is 24.6 Å². The van der Waals surface area contributed by atoms with Gasteiger partial charge in [-0.05, 0) is 30.5 Å². The maximum Gasteiger partial charge on any atom is 0.305 e. The van der Waals surface area contributed by atoms with Crippen LogP contribution < -0.4 is 14.8 Å². The topological polar surface area (TPSA) is 94.1 Å². The Labute approximate surface area is 134 Å². The lowest BCUT2D eigenvalue weighted by Crippen LogP contribution is -2.37.